The van der Waals surface area contributed by atoms with Crippen molar-refractivity contribution < 1.29 is 4.79 Å². The Morgan fingerprint density at radius 2 is 1.90 bits per heavy atom. The molecule has 1 aromatic heterocycles. The molecule has 4 nitrogen and oxygen atoms in total. The average Bonchev–Trinajstić information content (AvgIpc) is 2.47. The summed E-state index contributed by atoms with van der Waals surface area (Å²) in [5.41, 5.74) is 1.48. The van der Waals surface area contributed by atoms with E-state index in [1.807, 2.05) is 13.0 Å². The quantitative estimate of drug-likeness (QED) is 0.642. The second-order valence-electron chi connectivity index (χ2n) is 4.98. The van der Waals surface area contributed by atoms with Gasteiger partial charge in [0, 0.05) is 25.5 Å². The average molecular weight is 277 g/mol. The highest BCUT2D eigenvalue weighted by atomic mass is 16.1. The zero-order valence-electron chi connectivity index (χ0n) is 12.7. The lowest BCUT2D eigenvalue weighted by molar-refractivity contribution is 0.0953. The molecule has 0 aliphatic carbocycles. The number of nitrogens with zero attached hydrogens (tertiary/aromatic N) is 1. The van der Waals surface area contributed by atoms with E-state index in [2.05, 4.69) is 22.5 Å². The van der Waals surface area contributed by atoms with Gasteiger partial charge >= 0.3 is 0 Å². The van der Waals surface area contributed by atoms with E-state index in [1.54, 1.807) is 12.4 Å². The molecule has 1 amide bonds. The second kappa shape index (κ2) is 10.2. The summed E-state index contributed by atoms with van der Waals surface area (Å²) in [6.07, 6.45) is 10.7. The molecule has 0 atom stereocenters. The van der Waals surface area contributed by atoms with Crippen LogP contribution in [0.25, 0.3) is 0 Å². The van der Waals surface area contributed by atoms with Crippen LogP contribution in [0.1, 0.15) is 62.7 Å². The molecule has 0 spiro atoms. The molecular weight excluding hydrogens is 250 g/mol. The first kappa shape index (κ1) is 16.5. The van der Waals surface area contributed by atoms with Crippen molar-refractivity contribution in [3.8, 4) is 0 Å². The van der Waals surface area contributed by atoms with Crippen LogP contribution < -0.4 is 10.6 Å². The molecule has 1 heterocycles. The molecular formula is C16H27N3O. The van der Waals surface area contributed by atoms with E-state index >= 15 is 0 Å². The monoisotopic (exact) mass is 277 g/mol. The Balaban J connectivity index is 2.29. The summed E-state index contributed by atoms with van der Waals surface area (Å²) >= 11 is 0. The van der Waals surface area contributed by atoms with E-state index in [0.29, 0.717) is 5.56 Å². The van der Waals surface area contributed by atoms with Gasteiger partial charge in [0.25, 0.3) is 5.91 Å². The molecule has 0 radical (unpaired) electrons. The minimum Gasteiger partial charge on any atom is -0.385 e. The van der Waals surface area contributed by atoms with E-state index in [0.717, 1.165) is 25.2 Å². The van der Waals surface area contributed by atoms with E-state index < -0.39 is 0 Å². The Labute approximate surface area is 122 Å². The van der Waals surface area contributed by atoms with Crippen molar-refractivity contribution in [3.63, 3.8) is 0 Å². The molecule has 0 bridgehead atoms. The largest absolute Gasteiger partial charge is 0.385 e. The standard InChI is InChI=1S/C16H27N3O/c1-3-5-6-7-8-9-11-19-16(20)14-13-17-12-10-15(14)18-4-2/h10,12-13H,3-9,11H2,1-2H3,(H,17,18)(H,19,20). The first-order valence-corrected chi connectivity index (χ1v) is 7.75. The predicted molar refractivity (Wildman–Crippen MR) is 84.1 cm³/mol. The lowest BCUT2D eigenvalue weighted by Crippen LogP contribution is -2.25. The number of nitrogens with one attached hydrogen (secondary N) is 2. The van der Waals surface area contributed by atoms with Gasteiger partial charge in [-0.05, 0) is 19.4 Å². The van der Waals surface area contributed by atoms with Gasteiger partial charge in [-0.15, -0.1) is 0 Å². The summed E-state index contributed by atoms with van der Waals surface area (Å²) in [5.74, 6) is -0.0393. The van der Waals surface area contributed by atoms with Crippen LogP contribution in [0.4, 0.5) is 5.69 Å². The van der Waals surface area contributed by atoms with Crippen LogP contribution in [0.3, 0.4) is 0 Å². The van der Waals surface area contributed by atoms with Crippen LogP contribution >= 0.6 is 0 Å². The number of unbranched alkanes of at least 4 members (excludes halogenated alkanes) is 5. The van der Waals surface area contributed by atoms with Gasteiger partial charge in [0.05, 0.1) is 11.3 Å². The summed E-state index contributed by atoms with van der Waals surface area (Å²) in [4.78, 5) is 16.1. The number of pyridine rings is 1. The lowest BCUT2D eigenvalue weighted by Gasteiger charge is -2.10. The van der Waals surface area contributed by atoms with Crippen molar-refractivity contribution in [2.45, 2.75) is 52.4 Å². The van der Waals surface area contributed by atoms with Gasteiger partial charge < -0.3 is 10.6 Å². The third-order valence-corrected chi connectivity index (χ3v) is 3.25. The lowest BCUT2D eigenvalue weighted by atomic mass is 10.1. The molecule has 0 saturated heterocycles. The topological polar surface area (TPSA) is 54.0 Å². The summed E-state index contributed by atoms with van der Waals surface area (Å²) in [7, 11) is 0. The third kappa shape index (κ3) is 6.04. The summed E-state index contributed by atoms with van der Waals surface area (Å²) < 4.78 is 0. The number of hydrogen-bond donors (Lipinski definition) is 2. The zero-order chi connectivity index (χ0) is 14.6. The van der Waals surface area contributed by atoms with Gasteiger partial charge in [-0.2, -0.15) is 0 Å². The van der Waals surface area contributed by atoms with Crippen LogP contribution in [0, 0.1) is 0 Å². The summed E-state index contributed by atoms with van der Waals surface area (Å²) in [6, 6.07) is 1.84. The van der Waals surface area contributed by atoms with E-state index in [9.17, 15) is 4.79 Å². The fraction of sp³-hybridized carbons (Fsp3) is 0.625. The zero-order valence-corrected chi connectivity index (χ0v) is 12.7. The molecule has 1 rings (SSSR count). The van der Waals surface area contributed by atoms with E-state index in [1.165, 1.54) is 32.1 Å². The minimum absolute atomic E-state index is 0.0393. The van der Waals surface area contributed by atoms with Crippen molar-refractivity contribution >= 4 is 11.6 Å². The molecule has 2 N–H and O–H groups in total. The van der Waals surface area contributed by atoms with E-state index in [-0.39, 0.29) is 5.91 Å². The molecule has 1 aromatic rings. The van der Waals surface area contributed by atoms with Gasteiger partial charge in [0.2, 0.25) is 0 Å². The number of aromatic nitrogens is 1. The fourth-order valence-electron chi connectivity index (χ4n) is 2.12. The first-order chi connectivity index (χ1) is 9.79. The van der Waals surface area contributed by atoms with Crippen LogP contribution in [-0.4, -0.2) is 24.0 Å². The highest BCUT2D eigenvalue weighted by Crippen LogP contribution is 2.13. The number of anilines is 1. The minimum atomic E-state index is -0.0393. The first-order valence-electron chi connectivity index (χ1n) is 7.75. The van der Waals surface area contributed by atoms with Crippen molar-refractivity contribution in [1.29, 1.82) is 0 Å². The molecule has 0 saturated carbocycles. The van der Waals surface area contributed by atoms with Crippen molar-refractivity contribution in [2.24, 2.45) is 0 Å². The molecule has 0 aromatic carbocycles. The highest BCUT2D eigenvalue weighted by molar-refractivity contribution is 5.99. The van der Waals surface area contributed by atoms with Gasteiger partial charge in [-0.1, -0.05) is 39.0 Å². The van der Waals surface area contributed by atoms with Crippen molar-refractivity contribution in [2.75, 3.05) is 18.4 Å². The maximum atomic E-state index is 12.1. The molecule has 112 valence electrons. The summed E-state index contributed by atoms with van der Waals surface area (Å²) in [6.45, 7) is 5.77. The van der Waals surface area contributed by atoms with Crippen LogP contribution in [0.2, 0.25) is 0 Å². The predicted octanol–water partition coefficient (Wildman–Crippen LogP) is 3.60. The molecule has 0 aliphatic rings. The van der Waals surface area contributed by atoms with Gasteiger partial charge in [-0.3, -0.25) is 9.78 Å². The number of carbonyl (C=O) groups is 1. The number of rotatable bonds is 10. The Morgan fingerprint density at radius 3 is 2.65 bits per heavy atom. The van der Waals surface area contributed by atoms with Crippen LogP contribution in [0.15, 0.2) is 18.5 Å². The van der Waals surface area contributed by atoms with Crippen LogP contribution in [-0.2, 0) is 0 Å². The highest BCUT2D eigenvalue weighted by Gasteiger charge is 2.10. The second-order valence-corrected chi connectivity index (χ2v) is 4.98. The fourth-order valence-corrected chi connectivity index (χ4v) is 2.12. The Bertz CT molecular complexity index is 393. The van der Waals surface area contributed by atoms with Gasteiger partial charge in [-0.25, -0.2) is 0 Å². The number of hydrogen-bond acceptors (Lipinski definition) is 3. The third-order valence-electron chi connectivity index (χ3n) is 3.25. The number of amides is 1. The maximum Gasteiger partial charge on any atom is 0.254 e. The molecule has 0 fully saturated rings. The Kier molecular flexibility index (Phi) is 8.43. The molecule has 4 heteroatoms. The number of carbonyl (C=O) groups excluding carboxylic acids is 1. The smallest absolute Gasteiger partial charge is 0.254 e. The van der Waals surface area contributed by atoms with Gasteiger partial charge in [0.15, 0.2) is 0 Å². The molecule has 0 aliphatic heterocycles. The summed E-state index contributed by atoms with van der Waals surface area (Å²) in [5, 5.41) is 6.15. The molecule has 0 unspecified atom stereocenters. The van der Waals surface area contributed by atoms with Crippen molar-refractivity contribution in [3.05, 3.63) is 24.0 Å². The molecule has 20 heavy (non-hydrogen) atoms. The maximum absolute atomic E-state index is 12.1. The SMILES string of the molecule is CCCCCCCCNC(=O)c1cnccc1NCC. The van der Waals surface area contributed by atoms with Gasteiger partial charge in [0.1, 0.15) is 0 Å². The van der Waals surface area contributed by atoms with Crippen molar-refractivity contribution in [1.82, 2.24) is 10.3 Å². The Hall–Kier alpha value is -1.58. The van der Waals surface area contributed by atoms with Crippen LogP contribution in [0.5, 0.6) is 0 Å². The van der Waals surface area contributed by atoms with E-state index in [4.69, 9.17) is 0 Å². The normalized spacial score (nSPS) is 10.3. The Morgan fingerprint density at radius 1 is 1.15 bits per heavy atom.